The van der Waals surface area contributed by atoms with Crippen LogP contribution in [0.1, 0.15) is 61.8 Å². The van der Waals surface area contributed by atoms with Crippen LogP contribution < -0.4 is 5.32 Å². The van der Waals surface area contributed by atoms with Gasteiger partial charge in [-0.3, -0.25) is 4.79 Å². The first-order valence-electron chi connectivity index (χ1n) is 7.43. The highest BCUT2D eigenvalue weighted by molar-refractivity contribution is 5.87. The zero-order chi connectivity index (χ0) is 18.2. The molecule has 0 rings (SSSR count). The van der Waals surface area contributed by atoms with E-state index in [1.54, 1.807) is 27.7 Å². The summed E-state index contributed by atoms with van der Waals surface area (Å²) in [4.78, 5) is 11.5. The van der Waals surface area contributed by atoms with E-state index in [1.807, 2.05) is 0 Å². The van der Waals surface area contributed by atoms with Gasteiger partial charge in [0.15, 0.2) is 5.67 Å². The van der Waals surface area contributed by atoms with Gasteiger partial charge in [0.2, 0.25) is 5.91 Å². The van der Waals surface area contributed by atoms with Gasteiger partial charge < -0.3 is 5.32 Å². The van der Waals surface area contributed by atoms with Crippen LogP contribution in [0.15, 0.2) is 12.7 Å². The van der Waals surface area contributed by atoms with E-state index >= 15 is 0 Å². The molecule has 0 saturated heterocycles. The molecule has 2 nitrogen and oxygen atoms in total. The summed E-state index contributed by atoms with van der Waals surface area (Å²) in [6.07, 6.45) is 1.40. The van der Waals surface area contributed by atoms with Crippen LogP contribution in [0.4, 0.5) is 13.2 Å². The van der Waals surface area contributed by atoms with Crippen LogP contribution in [0.25, 0.3) is 0 Å². The van der Waals surface area contributed by atoms with Crippen LogP contribution >= 0.6 is 0 Å². The minimum absolute atomic E-state index is 0.262. The van der Waals surface area contributed by atoms with Crippen LogP contribution in [-0.4, -0.2) is 23.0 Å². The number of alkyl halides is 3. The summed E-state index contributed by atoms with van der Waals surface area (Å²) in [6, 6.07) is 0. The van der Waals surface area contributed by atoms with Gasteiger partial charge in [-0.1, -0.05) is 34.3 Å². The summed E-state index contributed by atoms with van der Waals surface area (Å²) < 4.78 is 43.3. The number of hydrogen-bond donors (Lipinski definition) is 1. The first kappa shape index (κ1) is 21.0. The second-order valence-corrected chi connectivity index (χ2v) is 8.31. The fourth-order valence-electron chi connectivity index (χ4n) is 2.92. The smallest absolute Gasteiger partial charge is 0.286 e. The normalized spacial score (nSPS) is 14.7. The van der Waals surface area contributed by atoms with E-state index in [2.05, 4.69) is 11.9 Å². The zero-order valence-corrected chi connectivity index (χ0v) is 15.0. The molecule has 0 aliphatic carbocycles. The molecule has 0 aromatic carbocycles. The molecule has 0 radical (unpaired) electrons. The van der Waals surface area contributed by atoms with Crippen molar-refractivity contribution in [1.82, 2.24) is 5.32 Å². The average molecular weight is 321 g/mol. The molecule has 0 aromatic rings. The molecule has 1 amide bonds. The summed E-state index contributed by atoms with van der Waals surface area (Å²) in [5.74, 6) is -3.89. The fraction of sp³-hybridized carbons (Fsp3) is 0.824. The van der Waals surface area contributed by atoms with Gasteiger partial charge in [-0.05, 0) is 45.6 Å². The average Bonchev–Trinajstić information content (AvgIpc) is 2.24. The van der Waals surface area contributed by atoms with E-state index < -0.39 is 28.0 Å². The minimum atomic E-state index is -3.53. The molecular formula is C17H30F3NO. The summed E-state index contributed by atoms with van der Waals surface area (Å²) in [6.45, 7) is 14.8. The third-order valence-electron chi connectivity index (χ3n) is 4.75. The van der Waals surface area contributed by atoms with Gasteiger partial charge in [-0.2, -0.15) is 0 Å². The summed E-state index contributed by atoms with van der Waals surface area (Å²) in [7, 11) is 0. The molecule has 5 heteroatoms. The van der Waals surface area contributed by atoms with Crippen molar-refractivity contribution in [2.75, 3.05) is 0 Å². The van der Waals surface area contributed by atoms with E-state index in [9.17, 15) is 18.0 Å². The van der Waals surface area contributed by atoms with Crippen LogP contribution in [0, 0.1) is 10.8 Å². The zero-order valence-electron chi connectivity index (χ0n) is 15.0. The van der Waals surface area contributed by atoms with Crippen molar-refractivity contribution in [2.24, 2.45) is 10.8 Å². The molecule has 0 heterocycles. The number of carbonyl (C=O) groups is 1. The molecule has 130 valence electrons. The van der Waals surface area contributed by atoms with Gasteiger partial charge >= 0.3 is 0 Å². The van der Waals surface area contributed by atoms with E-state index in [4.69, 9.17) is 0 Å². The van der Waals surface area contributed by atoms with Crippen molar-refractivity contribution < 1.29 is 18.0 Å². The van der Waals surface area contributed by atoms with E-state index in [1.165, 1.54) is 13.8 Å². The number of nitrogens with one attached hydrogen (secondary N) is 1. The van der Waals surface area contributed by atoms with Gasteiger partial charge in [-0.15, -0.1) is 0 Å². The van der Waals surface area contributed by atoms with Gasteiger partial charge in [0.05, 0.1) is 0 Å². The second kappa shape index (κ2) is 5.89. The van der Waals surface area contributed by atoms with E-state index in [0.29, 0.717) is 0 Å². The van der Waals surface area contributed by atoms with Gasteiger partial charge in [0.25, 0.3) is 5.92 Å². The third kappa shape index (κ3) is 4.05. The van der Waals surface area contributed by atoms with Crippen molar-refractivity contribution in [3.8, 4) is 0 Å². The minimum Gasteiger partial charge on any atom is -0.348 e. The highest BCUT2D eigenvalue weighted by Crippen LogP contribution is 2.57. The van der Waals surface area contributed by atoms with E-state index in [0.717, 1.165) is 19.9 Å². The molecule has 0 fully saturated rings. The van der Waals surface area contributed by atoms with Crippen molar-refractivity contribution >= 4 is 5.91 Å². The number of hydrogen-bond acceptors (Lipinski definition) is 1. The maximum Gasteiger partial charge on any atom is 0.286 e. The van der Waals surface area contributed by atoms with Crippen LogP contribution in [0.5, 0.6) is 0 Å². The number of amides is 1. The Hall–Kier alpha value is -1.00. The molecule has 0 aliphatic heterocycles. The quantitative estimate of drug-likeness (QED) is 0.664. The molecule has 1 N–H and O–H groups in total. The lowest BCUT2D eigenvalue weighted by atomic mass is 9.58. The Kier molecular flexibility index (Phi) is 5.63. The Morgan fingerprint density at radius 1 is 1.00 bits per heavy atom. The lowest BCUT2D eigenvalue weighted by molar-refractivity contribution is -0.231. The van der Waals surface area contributed by atoms with Crippen molar-refractivity contribution in [1.29, 1.82) is 0 Å². The van der Waals surface area contributed by atoms with Crippen molar-refractivity contribution in [3.63, 3.8) is 0 Å². The number of rotatable bonds is 7. The predicted molar refractivity (Wildman–Crippen MR) is 84.7 cm³/mol. The largest absolute Gasteiger partial charge is 0.348 e. The third-order valence-corrected chi connectivity index (χ3v) is 4.75. The number of carbonyl (C=O) groups excluding carboxylic acids is 1. The van der Waals surface area contributed by atoms with E-state index in [-0.39, 0.29) is 12.3 Å². The second-order valence-electron chi connectivity index (χ2n) is 8.31. The van der Waals surface area contributed by atoms with Crippen molar-refractivity contribution in [3.05, 3.63) is 12.7 Å². The molecule has 0 spiro atoms. The maximum atomic E-state index is 14.6. The van der Waals surface area contributed by atoms with Crippen LogP contribution in [0.3, 0.4) is 0 Å². The summed E-state index contributed by atoms with van der Waals surface area (Å²) in [5.41, 5.74) is -5.91. The van der Waals surface area contributed by atoms with Crippen molar-refractivity contribution in [2.45, 2.75) is 78.9 Å². The molecule has 0 atom stereocenters. The standard InChI is InChI=1S/C17H30F3NO/c1-10-12(22)21-14(4,5)11-13(2,3)15(6,7)17(19,20)16(8,9)18/h10H,1,11H2,2-9H3,(H,21,22). The Morgan fingerprint density at radius 3 is 1.73 bits per heavy atom. The molecule has 0 aliphatic rings. The first-order valence-corrected chi connectivity index (χ1v) is 7.43. The highest BCUT2D eigenvalue weighted by atomic mass is 19.3. The molecule has 0 bridgehead atoms. The molecule has 22 heavy (non-hydrogen) atoms. The summed E-state index contributed by atoms with van der Waals surface area (Å²) >= 11 is 0. The van der Waals surface area contributed by atoms with Crippen LogP contribution in [-0.2, 0) is 4.79 Å². The van der Waals surface area contributed by atoms with Gasteiger partial charge in [0, 0.05) is 11.0 Å². The monoisotopic (exact) mass is 321 g/mol. The number of halogens is 3. The first-order chi connectivity index (χ1) is 9.41. The molecule has 0 saturated carbocycles. The maximum absolute atomic E-state index is 14.6. The topological polar surface area (TPSA) is 29.1 Å². The predicted octanol–water partition coefficient (Wildman–Crippen LogP) is 4.89. The Bertz CT molecular complexity index is 432. The Labute approximate surface area is 132 Å². The Morgan fingerprint density at radius 2 is 1.41 bits per heavy atom. The molecule has 0 aromatic heterocycles. The van der Waals surface area contributed by atoms with Gasteiger partial charge in [-0.25, -0.2) is 13.2 Å². The molecule has 0 unspecified atom stereocenters. The van der Waals surface area contributed by atoms with Crippen LogP contribution in [0.2, 0.25) is 0 Å². The highest BCUT2D eigenvalue weighted by Gasteiger charge is 2.63. The fourth-order valence-corrected chi connectivity index (χ4v) is 2.92. The lowest BCUT2D eigenvalue weighted by Crippen LogP contribution is -2.59. The van der Waals surface area contributed by atoms with Gasteiger partial charge in [0.1, 0.15) is 0 Å². The lowest BCUT2D eigenvalue weighted by Gasteiger charge is -2.52. The SMILES string of the molecule is C=CC(=O)NC(C)(C)CC(C)(C)C(C)(C)C(F)(F)C(C)(C)F. The Balaban J connectivity index is 5.54. The molecular weight excluding hydrogens is 291 g/mol. The summed E-state index contributed by atoms with van der Waals surface area (Å²) in [5, 5.41) is 2.73.